The highest BCUT2D eigenvalue weighted by Gasteiger charge is 2.20. The molecule has 0 aliphatic rings. The van der Waals surface area contributed by atoms with Crippen LogP contribution in [0.4, 0.5) is 0 Å². The molecule has 20 heavy (non-hydrogen) atoms. The maximum atomic E-state index is 12.2. The summed E-state index contributed by atoms with van der Waals surface area (Å²) in [5.41, 5.74) is 6.97. The zero-order valence-corrected chi connectivity index (χ0v) is 12.4. The topological polar surface area (TPSA) is 55.1 Å². The molecule has 3 N–H and O–H groups in total. The predicted molar refractivity (Wildman–Crippen MR) is 83.6 cm³/mol. The van der Waals surface area contributed by atoms with Crippen LogP contribution in [0.1, 0.15) is 36.2 Å². The third-order valence-electron chi connectivity index (χ3n) is 3.18. The van der Waals surface area contributed by atoms with Gasteiger partial charge in [0.25, 0.3) is 0 Å². The van der Waals surface area contributed by atoms with E-state index in [-0.39, 0.29) is 11.9 Å². The first-order valence-electron chi connectivity index (χ1n) is 6.86. The van der Waals surface area contributed by atoms with Crippen molar-refractivity contribution >= 4 is 17.2 Å². The van der Waals surface area contributed by atoms with Gasteiger partial charge >= 0.3 is 0 Å². The van der Waals surface area contributed by atoms with Gasteiger partial charge in [-0.1, -0.05) is 49.7 Å². The maximum absolute atomic E-state index is 12.2. The molecule has 3 nitrogen and oxygen atoms in total. The first-order chi connectivity index (χ1) is 9.72. The minimum atomic E-state index is -0.439. The van der Waals surface area contributed by atoms with E-state index in [0.29, 0.717) is 6.42 Å². The van der Waals surface area contributed by atoms with Crippen molar-refractivity contribution in [3.05, 3.63) is 58.3 Å². The summed E-state index contributed by atoms with van der Waals surface area (Å²) in [7, 11) is 0. The summed E-state index contributed by atoms with van der Waals surface area (Å²) in [5.74, 6) is -0.0888. The Labute approximate surface area is 123 Å². The number of benzene rings is 1. The molecule has 1 aromatic carbocycles. The molecule has 0 fully saturated rings. The van der Waals surface area contributed by atoms with Gasteiger partial charge in [0.1, 0.15) is 0 Å². The van der Waals surface area contributed by atoms with Gasteiger partial charge in [-0.2, -0.15) is 0 Å². The molecule has 106 valence electrons. The Bertz CT molecular complexity index is 525. The van der Waals surface area contributed by atoms with E-state index < -0.39 is 6.04 Å². The summed E-state index contributed by atoms with van der Waals surface area (Å²) in [5, 5.41) is 5.08. The second kappa shape index (κ2) is 7.22. The molecule has 2 atom stereocenters. The molecule has 1 unspecified atom stereocenters. The fraction of sp³-hybridized carbons (Fsp3) is 0.312. The van der Waals surface area contributed by atoms with Crippen molar-refractivity contribution in [3.8, 4) is 0 Å². The number of rotatable bonds is 6. The molecule has 0 aliphatic heterocycles. The van der Waals surface area contributed by atoms with Gasteiger partial charge in [-0.25, -0.2) is 0 Å². The molecule has 0 bridgehead atoms. The van der Waals surface area contributed by atoms with E-state index >= 15 is 0 Å². The Hall–Kier alpha value is -1.65. The van der Waals surface area contributed by atoms with Crippen LogP contribution >= 0.6 is 11.3 Å². The van der Waals surface area contributed by atoms with Crippen LogP contribution in [0.3, 0.4) is 0 Å². The van der Waals surface area contributed by atoms with E-state index in [1.165, 1.54) is 0 Å². The van der Waals surface area contributed by atoms with Crippen LogP contribution in [0.2, 0.25) is 0 Å². The minimum absolute atomic E-state index is 0.0888. The van der Waals surface area contributed by atoms with Crippen LogP contribution in [0.25, 0.3) is 0 Å². The smallest absolute Gasteiger partial charge is 0.237 e. The molecule has 0 spiro atoms. The van der Waals surface area contributed by atoms with E-state index in [0.717, 1.165) is 16.9 Å². The lowest BCUT2D eigenvalue weighted by atomic mass is 10.0. The lowest BCUT2D eigenvalue weighted by molar-refractivity contribution is -0.123. The Morgan fingerprint density at radius 3 is 2.60 bits per heavy atom. The Kier molecular flexibility index (Phi) is 5.32. The predicted octanol–water partition coefficient (Wildman–Crippen LogP) is 3.08. The van der Waals surface area contributed by atoms with E-state index in [1.807, 2.05) is 54.8 Å². The van der Waals surface area contributed by atoms with Crippen molar-refractivity contribution in [1.82, 2.24) is 5.32 Å². The third-order valence-corrected chi connectivity index (χ3v) is 4.12. The molecule has 2 rings (SSSR count). The van der Waals surface area contributed by atoms with Gasteiger partial charge in [-0.3, -0.25) is 4.79 Å². The molecule has 1 amide bonds. The lowest BCUT2D eigenvalue weighted by Crippen LogP contribution is -2.42. The van der Waals surface area contributed by atoms with Crippen LogP contribution < -0.4 is 11.1 Å². The zero-order chi connectivity index (χ0) is 14.4. The van der Waals surface area contributed by atoms with Crippen LogP contribution in [-0.4, -0.2) is 11.9 Å². The molecule has 1 heterocycles. The SMILES string of the molecule is CCC[C@@H](N)C(=O)NC(c1ccccc1)c1cccs1. The first kappa shape index (κ1) is 14.8. The molecule has 1 aromatic heterocycles. The number of hydrogen-bond donors (Lipinski definition) is 2. The quantitative estimate of drug-likeness (QED) is 0.858. The molecule has 0 aliphatic carbocycles. The van der Waals surface area contributed by atoms with Gasteiger partial charge in [0.05, 0.1) is 12.1 Å². The van der Waals surface area contributed by atoms with Crippen molar-refractivity contribution in [3.63, 3.8) is 0 Å². The van der Waals surface area contributed by atoms with Crippen molar-refractivity contribution < 1.29 is 4.79 Å². The number of thiophene rings is 1. The van der Waals surface area contributed by atoms with E-state index in [4.69, 9.17) is 5.73 Å². The third kappa shape index (κ3) is 3.68. The molecule has 0 saturated carbocycles. The Morgan fingerprint density at radius 1 is 1.25 bits per heavy atom. The highest BCUT2D eigenvalue weighted by molar-refractivity contribution is 7.10. The van der Waals surface area contributed by atoms with Gasteiger partial charge in [-0.15, -0.1) is 11.3 Å². The Balaban J connectivity index is 2.18. The molecule has 2 aromatic rings. The molecular weight excluding hydrogens is 268 g/mol. The van der Waals surface area contributed by atoms with Gasteiger partial charge < -0.3 is 11.1 Å². The van der Waals surface area contributed by atoms with Crippen LogP contribution in [0, 0.1) is 0 Å². The fourth-order valence-electron chi connectivity index (χ4n) is 2.11. The lowest BCUT2D eigenvalue weighted by Gasteiger charge is -2.20. The average molecular weight is 288 g/mol. The van der Waals surface area contributed by atoms with Crippen molar-refractivity contribution in [2.24, 2.45) is 5.73 Å². The number of nitrogens with two attached hydrogens (primary N) is 1. The van der Waals surface area contributed by atoms with Gasteiger partial charge in [0.2, 0.25) is 5.91 Å². The van der Waals surface area contributed by atoms with Crippen molar-refractivity contribution in [2.45, 2.75) is 31.8 Å². The Morgan fingerprint density at radius 2 is 2.00 bits per heavy atom. The number of carbonyl (C=O) groups is 1. The molecular formula is C16H20N2OS. The maximum Gasteiger partial charge on any atom is 0.237 e. The van der Waals surface area contributed by atoms with E-state index in [9.17, 15) is 4.79 Å². The fourth-order valence-corrected chi connectivity index (χ4v) is 2.91. The highest BCUT2D eigenvalue weighted by atomic mass is 32.1. The van der Waals surface area contributed by atoms with Gasteiger partial charge in [-0.05, 0) is 23.4 Å². The van der Waals surface area contributed by atoms with Crippen molar-refractivity contribution in [2.75, 3.05) is 0 Å². The number of amides is 1. The summed E-state index contributed by atoms with van der Waals surface area (Å²) in [6.45, 7) is 2.03. The summed E-state index contributed by atoms with van der Waals surface area (Å²) in [6.07, 6.45) is 1.61. The van der Waals surface area contributed by atoms with Gasteiger partial charge in [0.15, 0.2) is 0 Å². The number of carbonyl (C=O) groups excluding carboxylic acids is 1. The summed E-state index contributed by atoms with van der Waals surface area (Å²) < 4.78 is 0. The summed E-state index contributed by atoms with van der Waals surface area (Å²) in [4.78, 5) is 13.3. The van der Waals surface area contributed by atoms with E-state index in [2.05, 4.69) is 5.32 Å². The second-order valence-electron chi connectivity index (χ2n) is 4.76. The normalized spacial score (nSPS) is 13.7. The standard InChI is InChI=1S/C16H20N2OS/c1-2-7-13(17)16(19)18-15(14-10-6-11-20-14)12-8-4-3-5-9-12/h3-6,8-11,13,15H,2,7,17H2,1H3,(H,18,19)/t13-,15?/m1/s1. The van der Waals surface area contributed by atoms with Gasteiger partial charge in [0, 0.05) is 4.88 Å². The van der Waals surface area contributed by atoms with Crippen molar-refractivity contribution in [1.29, 1.82) is 0 Å². The number of nitrogens with one attached hydrogen (secondary N) is 1. The van der Waals surface area contributed by atoms with Crippen LogP contribution in [-0.2, 0) is 4.79 Å². The summed E-state index contributed by atoms with van der Waals surface area (Å²) >= 11 is 1.64. The molecule has 0 saturated heterocycles. The minimum Gasteiger partial charge on any atom is -0.343 e. The van der Waals surface area contributed by atoms with Crippen LogP contribution in [0.15, 0.2) is 47.8 Å². The average Bonchev–Trinajstić information content (AvgIpc) is 2.99. The van der Waals surface area contributed by atoms with Crippen LogP contribution in [0.5, 0.6) is 0 Å². The monoisotopic (exact) mass is 288 g/mol. The molecule has 4 heteroatoms. The van der Waals surface area contributed by atoms with E-state index in [1.54, 1.807) is 11.3 Å². The first-order valence-corrected chi connectivity index (χ1v) is 7.74. The highest BCUT2D eigenvalue weighted by Crippen LogP contribution is 2.25. The summed E-state index contributed by atoms with van der Waals surface area (Å²) in [6, 6.07) is 13.5. The largest absolute Gasteiger partial charge is 0.343 e. The molecule has 0 radical (unpaired) electrons. The second-order valence-corrected chi connectivity index (χ2v) is 5.74. The number of hydrogen-bond acceptors (Lipinski definition) is 3. The zero-order valence-electron chi connectivity index (χ0n) is 11.6.